The highest BCUT2D eigenvalue weighted by atomic mass is 19.1. The quantitative estimate of drug-likeness (QED) is 0.910. The van der Waals surface area contributed by atoms with Crippen LogP contribution in [0.5, 0.6) is 0 Å². The van der Waals surface area contributed by atoms with E-state index in [0.29, 0.717) is 5.56 Å². The standard InChI is InChI=1S/C14H20F2N2O/c1-14(2,3)17-8-13(19)18(4)9-10-5-6-11(15)7-12(10)16/h5-7,17H,8-9H2,1-4H3. The van der Waals surface area contributed by atoms with Crippen LogP contribution in [0.15, 0.2) is 18.2 Å². The van der Waals surface area contributed by atoms with E-state index in [1.54, 1.807) is 7.05 Å². The summed E-state index contributed by atoms with van der Waals surface area (Å²) >= 11 is 0. The first-order chi connectivity index (χ1) is 8.69. The predicted octanol–water partition coefficient (Wildman–Crippen LogP) is 2.31. The third-order valence-corrected chi connectivity index (χ3v) is 2.62. The summed E-state index contributed by atoms with van der Waals surface area (Å²) in [6.07, 6.45) is 0. The van der Waals surface area contributed by atoms with E-state index in [2.05, 4.69) is 5.32 Å². The second kappa shape index (κ2) is 6.10. The molecule has 1 amide bonds. The summed E-state index contributed by atoms with van der Waals surface area (Å²) in [5, 5.41) is 3.07. The molecule has 19 heavy (non-hydrogen) atoms. The summed E-state index contributed by atoms with van der Waals surface area (Å²) in [5.41, 5.74) is 0.144. The molecule has 0 unspecified atom stereocenters. The largest absolute Gasteiger partial charge is 0.340 e. The first kappa shape index (κ1) is 15.6. The molecular weight excluding hydrogens is 250 g/mol. The lowest BCUT2D eigenvalue weighted by Gasteiger charge is -2.23. The van der Waals surface area contributed by atoms with Gasteiger partial charge in [0.1, 0.15) is 11.6 Å². The van der Waals surface area contributed by atoms with Gasteiger partial charge in [0.2, 0.25) is 5.91 Å². The van der Waals surface area contributed by atoms with Crippen LogP contribution < -0.4 is 5.32 Å². The van der Waals surface area contributed by atoms with Crippen LogP contribution in [0.25, 0.3) is 0 Å². The van der Waals surface area contributed by atoms with E-state index in [9.17, 15) is 13.6 Å². The van der Waals surface area contributed by atoms with Crippen molar-refractivity contribution in [3.8, 4) is 0 Å². The smallest absolute Gasteiger partial charge is 0.236 e. The Morgan fingerprint density at radius 1 is 1.32 bits per heavy atom. The summed E-state index contributed by atoms with van der Waals surface area (Å²) in [4.78, 5) is 13.3. The number of hydrogen-bond donors (Lipinski definition) is 1. The molecule has 0 aliphatic heterocycles. The van der Waals surface area contributed by atoms with E-state index in [1.165, 1.54) is 17.0 Å². The Morgan fingerprint density at radius 3 is 2.47 bits per heavy atom. The molecule has 0 heterocycles. The van der Waals surface area contributed by atoms with Crippen LogP contribution in [-0.4, -0.2) is 29.9 Å². The highest BCUT2D eigenvalue weighted by molar-refractivity contribution is 5.78. The van der Waals surface area contributed by atoms with Crippen LogP contribution in [0.3, 0.4) is 0 Å². The third-order valence-electron chi connectivity index (χ3n) is 2.62. The maximum Gasteiger partial charge on any atom is 0.236 e. The number of likely N-dealkylation sites (N-methyl/N-ethyl adjacent to an activating group) is 1. The Kier molecular flexibility index (Phi) is 5.00. The highest BCUT2D eigenvalue weighted by Crippen LogP contribution is 2.11. The van der Waals surface area contributed by atoms with E-state index in [4.69, 9.17) is 0 Å². The Morgan fingerprint density at radius 2 is 1.95 bits per heavy atom. The number of nitrogens with zero attached hydrogens (tertiary/aromatic N) is 1. The normalized spacial score (nSPS) is 11.5. The van der Waals surface area contributed by atoms with Crippen molar-refractivity contribution in [2.24, 2.45) is 0 Å². The third kappa shape index (κ3) is 5.34. The second-order valence-corrected chi connectivity index (χ2v) is 5.59. The SMILES string of the molecule is CN(Cc1ccc(F)cc1F)C(=O)CNC(C)(C)C. The van der Waals surface area contributed by atoms with Gasteiger partial charge in [-0.1, -0.05) is 6.07 Å². The maximum absolute atomic E-state index is 13.5. The summed E-state index contributed by atoms with van der Waals surface area (Å²) in [6, 6.07) is 3.36. The van der Waals surface area contributed by atoms with Gasteiger partial charge in [0.15, 0.2) is 0 Å². The number of rotatable bonds is 4. The van der Waals surface area contributed by atoms with Gasteiger partial charge in [0.25, 0.3) is 0 Å². The Labute approximate surface area is 112 Å². The summed E-state index contributed by atoms with van der Waals surface area (Å²) in [5.74, 6) is -1.40. The second-order valence-electron chi connectivity index (χ2n) is 5.59. The molecule has 5 heteroatoms. The molecule has 3 nitrogen and oxygen atoms in total. The number of benzene rings is 1. The van der Waals surface area contributed by atoms with Crippen molar-refractivity contribution in [3.05, 3.63) is 35.4 Å². The van der Waals surface area contributed by atoms with Gasteiger partial charge < -0.3 is 10.2 Å². The van der Waals surface area contributed by atoms with E-state index in [0.717, 1.165) is 6.07 Å². The zero-order valence-electron chi connectivity index (χ0n) is 11.8. The van der Waals surface area contributed by atoms with Gasteiger partial charge in [-0.05, 0) is 26.8 Å². The topological polar surface area (TPSA) is 32.3 Å². The molecule has 0 aliphatic rings. The number of amides is 1. The number of hydrogen-bond acceptors (Lipinski definition) is 2. The molecule has 0 saturated carbocycles. The molecule has 0 spiro atoms. The molecule has 1 aromatic carbocycles. The van der Waals surface area contributed by atoms with Gasteiger partial charge in [0.05, 0.1) is 6.54 Å². The fourth-order valence-electron chi connectivity index (χ4n) is 1.47. The molecule has 0 saturated heterocycles. The van der Waals surface area contributed by atoms with Gasteiger partial charge in [-0.3, -0.25) is 4.79 Å². The van der Waals surface area contributed by atoms with Crippen LogP contribution in [0.2, 0.25) is 0 Å². The molecule has 0 aromatic heterocycles. The van der Waals surface area contributed by atoms with E-state index >= 15 is 0 Å². The lowest BCUT2D eigenvalue weighted by molar-refractivity contribution is -0.129. The van der Waals surface area contributed by atoms with Gasteiger partial charge in [-0.2, -0.15) is 0 Å². The fraction of sp³-hybridized carbons (Fsp3) is 0.500. The highest BCUT2D eigenvalue weighted by Gasteiger charge is 2.15. The maximum atomic E-state index is 13.5. The average molecular weight is 270 g/mol. The summed E-state index contributed by atoms with van der Waals surface area (Å²) in [7, 11) is 1.59. The van der Waals surface area contributed by atoms with E-state index in [1.807, 2.05) is 20.8 Å². The number of halogens is 2. The molecular formula is C14H20F2N2O. The summed E-state index contributed by atoms with van der Waals surface area (Å²) < 4.78 is 26.2. The zero-order valence-corrected chi connectivity index (χ0v) is 11.8. The molecule has 0 radical (unpaired) electrons. The van der Waals surface area contributed by atoms with Crippen molar-refractivity contribution < 1.29 is 13.6 Å². The first-order valence-electron chi connectivity index (χ1n) is 6.12. The molecule has 0 atom stereocenters. The molecule has 1 N–H and O–H groups in total. The molecule has 106 valence electrons. The predicted molar refractivity (Wildman–Crippen MR) is 70.6 cm³/mol. The molecule has 1 aromatic rings. The van der Waals surface area contributed by atoms with Gasteiger partial charge in [0, 0.05) is 30.8 Å². The Hall–Kier alpha value is -1.49. The molecule has 0 aliphatic carbocycles. The van der Waals surface area contributed by atoms with Crippen molar-refractivity contribution >= 4 is 5.91 Å². The van der Waals surface area contributed by atoms with Gasteiger partial charge in [-0.15, -0.1) is 0 Å². The van der Waals surface area contributed by atoms with Crippen molar-refractivity contribution in [1.29, 1.82) is 0 Å². The molecule has 0 bridgehead atoms. The molecule has 1 rings (SSSR count). The number of carbonyl (C=O) groups excluding carboxylic acids is 1. The van der Waals surface area contributed by atoms with Crippen molar-refractivity contribution in [1.82, 2.24) is 10.2 Å². The summed E-state index contributed by atoms with van der Waals surface area (Å²) in [6.45, 7) is 6.18. The monoisotopic (exact) mass is 270 g/mol. The van der Waals surface area contributed by atoms with Crippen LogP contribution in [0.1, 0.15) is 26.3 Å². The van der Waals surface area contributed by atoms with Crippen molar-refractivity contribution in [2.75, 3.05) is 13.6 Å². The number of nitrogens with one attached hydrogen (secondary N) is 1. The zero-order chi connectivity index (χ0) is 14.6. The number of carbonyl (C=O) groups is 1. The van der Waals surface area contributed by atoms with E-state index in [-0.39, 0.29) is 24.5 Å². The van der Waals surface area contributed by atoms with Crippen LogP contribution >= 0.6 is 0 Å². The first-order valence-corrected chi connectivity index (χ1v) is 6.12. The minimum Gasteiger partial charge on any atom is -0.340 e. The Bertz CT molecular complexity index is 455. The molecule has 0 fully saturated rings. The van der Waals surface area contributed by atoms with Gasteiger partial charge in [-0.25, -0.2) is 8.78 Å². The minimum absolute atomic E-state index is 0.122. The van der Waals surface area contributed by atoms with Crippen LogP contribution in [-0.2, 0) is 11.3 Å². The Balaban J connectivity index is 2.59. The van der Waals surface area contributed by atoms with E-state index < -0.39 is 11.6 Å². The minimum atomic E-state index is -0.636. The lowest BCUT2D eigenvalue weighted by Crippen LogP contribution is -2.43. The fourth-order valence-corrected chi connectivity index (χ4v) is 1.47. The average Bonchev–Trinajstić information content (AvgIpc) is 2.28. The van der Waals surface area contributed by atoms with Crippen LogP contribution in [0, 0.1) is 11.6 Å². The van der Waals surface area contributed by atoms with Crippen molar-refractivity contribution in [2.45, 2.75) is 32.9 Å². The van der Waals surface area contributed by atoms with Crippen molar-refractivity contribution in [3.63, 3.8) is 0 Å². The van der Waals surface area contributed by atoms with Gasteiger partial charge >= 0.3 is 0 Å². The van der Waals surface area contributed by atoms with Crippen LogP contribution in [0.4, 0.5) is 8.78 Å². The lowest BCUT2D eigenvalue weighted by atomic mass is 10.1.